The van der Waals surface area contributed by atoms with Gasteiger partial charge in [-0.1, -0.05) is 31.2 Å². The summed E-state index contributed by atoms with van der Waals surface area (Å²) in [6.07, 6.45) is 0.802. The number of carbonyl (C=O) groups is 1. The first-order valence-corrected chi connectivity index (χ1v) is 11.2. The Morgan fingerprint density at radius 3 is 2.48 bits per heavy atom. The molecular formula is C20H24BrNO4S. The van der Waals surface area contributed by atoms with Crippen LogP contribution in [0.5, 0.6) is 5.75 Å². The summed E-state index contributed by atoms with van der Waals surface area (Å²) < 4.78 is 29.2. The van der Waals surface area contributed by atoms with Gasteiger partial charge in [-0.3, -0.25) is 4.79 Å². The minimum absolute atomic E-state index is 0.0218. The second-order valence-electron chi connectivity index (χ2n) is 6.25. The predicted octanol–water partition coefficient (Wildman–Crippen LogP) is 4.62. The molecule has 2 rings (SSSR count). The normalized spacial score (nSPS) is 12.4. The molecule has 1 amide bonds. The third kappa shape index (κ3) is 5.81. The molecule has 0 aromatic heterocycles. The van der Waals surface area contributed by atoms with Crippen LogP contribution in [0.25, 0.3) is 0 Å². The van der Waals surface area contributed by atoms with Crippen LogP contribution in [-0.4, -0.2) is 31.0 Å². The topological polar surface area (TPSA) is 63.7 Å². The van der Waals surface area contributed by atoms with Crippen LogP contribution in [0.2, 0.25) is 0 Å². The van der Waals surface area contributed by atoms with Crippen LogP contribution < -0.4 is 4.18 Å². The zero-order chi connectivity index (χ0) is 20.0. The van der Waals surface area contributed by atoms with E-state index in [-0.39, 0.29) is 23.5 Å². The van der Waals surface area contributed by atoms with Crippen LogP contribution in [0.4, 0.5) is 0 Å². The molecule has 0 heterocycles. The Kier molecular flexibility index (Phi) is 7.44. The second kappa shape index (κ2) is 9.37. The lowest BCUT2D eigenvalue weighted by Crippen LogP contribution is -2.38. The van der Waals surface area contributed by atoms with Crippen molar-refractivity contribution in [3.8, 4) is 5.75 Å². The average Bonchev–Trinajstić information content (AvgIpc) is 2.65. The highest BCUT2D eigenvalue weighted by Gasteiger charge is 2.22. The molecule has 2 aromatic rings. The Morgan fingerprint density at radius 1 is 1.15 bits per heavy atom. The monoisotopic (exact) mass is 453 g/mol. The molecule has 1 unspecified atom stereocenters. The predicted molar refractivity (Wildman–Crippen MR) is 110 cm³/mol. The Bertz CT molecular complexity index is 898. The van der Waals surface area contributed by atoms with Crippen molar-refractivity contribution in [2.45, 2.75) is 39.8 Å². The molecule has 0 radical (unpaired) electrons. The van der Waals surface area contributed by atoms with Gasteiger partial charge < -0.3 is 9.08 Å². The van der Waals surface area contributed by atoms with Gasteiger partial charge in [-0.05, 0) is 66.0 Å². The van der Waals surface area contributed by atoms with Crippen molar-refractivity contribution in [1.82, 2.24) is 4.90 Å². The van der Waals surface area contributed by atoms with E-state index in [1.165, 1.54) is 6.92 Å². The Labute approximate surface area is 169 Å². The third-order valence-electron chi connectivity index (χ3n) is 4.32. The smallest absolute Gasteiger partial charge is 0.308 e. The van der Waals surface area contributed by atoms with Crippen molar-refractivity contribution in [1.29, 1.82) is 0 Å². The highest BCUT2D eigenvalue weighted by Crippen LogP contribution is 2.23. The van der Waals surface area contributed by atoms with Gasteiger partial charge in [0.05, 0.1) is 11.3 Å². The van der Waals surface area contributed by atoms with E-state index < -0.39 is 10.1 Å². The number of nitrogens with zero attached hydrogens (tertiary/aromatic N) is 1. The number of hydrogen-bond donors (Lipinski definition) is 0. The zero-order valence-electron chi connectivity index (χ0n) is 15.7. The highest BCUT2D eigenvalue weighted by atomic mass is 79.9. The molecule has 0 N–H and O–H groups in total. The summed E-state index contributed by atoms with van der Waals surface area (Å²) in [5.74, 6) is 0.0765. The van der Waals surface area contributed by atoms with Crippen molar-refractivity contribution in [3.63, 3.8) is 0 Å². The molecule has 146 valence electrons. The van der Waals surface area contributed by atoms with E-state index in [0.717, 1.165) is 16.5 Å². The lowest BCUT2D eigenvalue weighted by Gasteiger charge is -2.29. The number of hydrogen-bond acceptors (Lipinski definition) is 4. The van der Waals surface area contributed by atoms with Gasteiger partial charge in [-0.2, -0.15) is 8.42 Å². The summed E-state index contributed by atoms with van der Waals surface area (Å²) in [6.45, 7) is 5.91. The minimum atomic E-state index is -3.59. The molecule has 0 aliphatic carbocycles. The molecule has 2 aromatic carbocycles. The fourth-order valence-corrected chi connectivity index (χ4v) is 3.50. The van der Waals surface area contributed by atoms with Gasteiger partial charge in [0, 0.05) is 17.1 Å². The van der Waals surface area contributed by atoms with Crippen LogP contribution in [-0.2, 0) is 16.7 Å². The van der Waals surface area contributed by atoms with Gasteiger partial charge in [0.2, 0.25) is 0 Å². The molecule has 1 atom stereocenters. The number of halogens is 1. The van der Waals surface area contributed by atoms with E-state index in [0.29, 0.717) is 12.1 Å². The Balaban J connectivity index is 2.29. The van der Waals surface area contributed by atoms with Gasteiger partial charge >= 0.3 is 10.1 Å². The molecule has 0 fully saturated rings. The fourth-order valence-electron chi connectivity index (χ4n) is 2.54. The fraction of sp³-hybridized carbons (Fsp3) is 0.350. The maximum atomic E-state index is 13.1. The SMILES string of the molecule is CCC(C)N(Cc1cccc(OS(=O)(=O)CC)c1)C(=O)c1ccccc1Br. The van der Waals surface area contributed by atoms with Crippen molar-refractivity contribution in [2.75, 3.05) is 5.75 Å². The van der Waals surface area contributed by atoms with E-state index in [2.05, 4.69) is 15.9 Å². The summed E-state index contributed by atoms with van der Waals surface area (Å²) in [4.78, 5) is 14.9. The van der Waals surface area contributed by atoms with Crippen LogP contribution >= 0.6 is 15.9 Å². The van der Waals surface area contributed by atoms with E-state index in [1.807, 2.05) is 38.1 Å². The van der Waals surface area contributed by atoms with Crippen LogP contribution in [0.1, 0.15) is 43.1 Å². The summed E-state index contributed by atoms with van der Waals surface area (Å²) in [5, 5.41) is 0. The largest absolute Gasteiger partial charge is 0.382 e. The first-order valence-electron chi connectivity index (χ1n) is 8.84. The second-order valence-corrected chi connectivity index (χ2v) is 8.96. The maximum absolute atomic E-state index is 13.1. The van der Waals surface area contributed by atoms with Crippen LogP contribution in [0.3, 0.4) is 0 Å². The summed E-state index contributed by atoms with van der Waals surface area (Å²) in [7, 11) is -3.59. The highest BCUT2D eigenvalue weighted by molar-refractivity contribution is 9.10. The van der Waals surface area contributed by atoms with Crippen molar-refractivity contribution in [3.05, 3.63) is 64.1 Å². The molecule has 0 bridgehead atoms. The summed E-state index contributed by atoms with van der Waals surface area (Å²) in [6, 6.07) is 14.2. The molecule has 0 saturated carbocycles. The standard InChI is InChI=1S/C20H24BrNO4S/c1-4-15(3)22(20(23)18-11-6-7-12-19(18)21)14-16-9-8-10-17(13-16)26-27(24,25)5-2/h6-13,15H,4-5,14H2,1-3H3. The lowest BCUT2D eigenvalue weighted by molar-refractivity contribution is 0.0670. The summed E-state index contributed by atoms with van der Waals surface area (Å²) >= 11 is 3.44. The van der Waals surface area contributed by atoms with Crippen molar-refractivity contribution >= 4 is 32.0 Å². The third-order valence-corrected chi connectivity index (χ3v) is 6.16. The zero-order valence-corrected chi connectivity index (χ0v) is 18.1. The molecule has 0 spiro atoms. The molecule has 0 aliphatic heterocycles. The van der Waals surface area contributed by atoms with E-state index >= 15 is 0 Å². The van der Waals surface area contributed by atoms with Gasteiger partial charge in [0.25, 0.3) is 5.91 Å². The van der Waals surface area contributed by atoms with Crippen molar-refractivity contribution < 1.29 is 17.4 Å². The van der Waals surface area contributed by atoms with Gasteiger partial charge in [0.15, 0.2) is 0 Å². The quantitative estimate of drug-likeness (QED) is 0.547. The molecule has 7 heteroatoms. The number of carbonyl (C=O) groups excluding carboxylic acids is 1. The summed E-state index contributed by atoms with van der Waals surface area (Å²) in [5.41, 5.74) is 1.40. The van der Waals surface area contributed by atoms with E-state index in [4.69, 9.17) is 4.18 Å². The average molecular weight is 454 g/mol. The molecule has 0 aliphatic rings. The minimum Gasteiger partial charge on any atom is -0.382 e. The first kappa shape index (κ1) is 21.4. The molecular weight excluding hydrogens is 430 g/mol. The van der Waals surface area contributed by atoms with E-state index in [9.17, 15) is 13.2 Å². The van der Waals surface area contributed by atoms with Gasteiger partial charge in [0.1, 0.15) is 5.75 Å². The van der Waals surface area contributed by atoms with Gasteiger partial charge in [-0.25, -0.2) is 0 Å². The Hall–Kier alpha value is -1.86. The van der Waals surface area contributed by atoms with Crippen molar-refractivity contribution in [2.24, 2.45) is 0 Å². The van der Waals surface area contributed by atoms with E-state index in [1.54, 1.807) is 29.2 Å². The maximum Gasteiger partial charge on any atom is 0.308 e. The number of amides is 1. The molecule has 0 saturated heterocycles. The van der Waals surface area contributed by atoms with Crippen LogP contribution in [0.15, 0.2) is 53.0 Å². The van der Waals surface area contributed by atoms with Crippen LogP contribution in [0, 0.1) is 0 Å². The Morgan fingerprint density at radius 2 is 1.85 bits per heavy atom. The number of rotatable bonds is 8. The first-order chi connectivity index (χ1) is 12.8. The van der Waals surface area contributed by atoms with Gasteiger partial charge in [-0.15, -0.1) is 0 Å². The molecule has 5 nitrogen and oxygen atoms in total. The lowest BCUT2D eigenvalue weighted by atomic mass is 10.1. The molecule has 27 heavy (non-hydrogen) atoms. The number of benzene rings is 2.